The first kappa shape index (κ1) is 17.0. The highest BCUT2D eigenvalue weighted by atomic mass is 16.5. The molecule has 1 amide bonds. The maximum absolute atomic E-state index is 12.2. The van der Waals surface area contributed by atoms with Crippen molar-refractivity contribution in [1.82, 2.24) is 9.80 Å². The number of carbonyl (C=O) groups is 1. The second-order valence-corrected chi connectivity index (χ2v) is 6.19. The molecular weight excluding hydrogens is 276 g/mol. The third kappa shape index (κ3) is 4.82. The number of rotatable bonds is 7. The quantitative estimate of drug-likeness (QED) is 0.775. The zero-order chi connectivity index (χ0) is 15.9. The molecule has 1 fully saturated rings. The number of hydrogen-bond donors (Lipinski definition) is 0. The van der Waals surface area contributed by atoms with E-state index in [4.69, 9.17) is 4.74 Å². The first-order valence-corrected chi connectivity index (χ1v) is 8.23. The fourth-order valence-corrected chi connectivity index (χ4v) is 3.16. The molecule has 0 bridgehead atoms. The molecule has 22 heavy (non-hydrogen) atoms. The van der Waals surface area contributed by atoms with Crippen molar-refractivity contribution in [2.75, 3.05) is 33.3 Å². The minimum Gasteiger partial charge on any atom is -0.369 e. The molecule has 1 aromatic carbocycles. The van der Waals surface area contributed by atoms with Crippen molar-refractivity contribution in [1.29, 1.82) is 0 Å². The second kappa shape index (κ2) is 8.30. The summed E-state index contributed by atoms with van der Waals surface area (Å²) in [4.78, 5) is 16.5. The van der Waals surface area contributed by atoms with E-state index >= 15 is 0 Å². The molecule has 4 heteroatoms. The van der Waals surface area contributed by atoms with E-state index < -0.39 is 0 Å². The van der Waals surface area contributed by atoms with Crippen LogP contribution in [0.15, 0.2) is 30.3 Å². The maximum Gasteiger partial charge on any atom is 0.251 e. The fraction of sp³-hybridized carbons (Fsp3) is 0.611. The lowest BCUT2D eigenvalue weighted by atomic mass is 10.1. The van der Waals surface area contributed by atoms with E-state index in [1.54, 1.807) is 0 Å². The average Bonchev–Trinajstić information content (AvgIpc) is 2.94. The SMILES string of the molecule is CCOC(C)C(=O)N(C)CC1CCN(Cc2ccccc2)C1. The lowest BCUT2D eigenvalue weighted by molar-refractivity contribution is -0.141. The zero-order valence-electron chi connectivity index (χ0n) is 14.0. The third-order valence-corrected chi connectivity index (χ3v) is 4.29. The molecule has 122 valence electrons. The van der Waals surface area contributed by atoms with E-state index in [9.17, 15) is 4.79 Å². The molecule has 0 aromatic heterocycles. The largest absolute Gasteiger partial charge is 0.369 e. The van der Waals surface area contributed by atoms with Gasteiger partial charge in [-0.3, -0.25) is 9.69 Å². The fourth-order valence-electron chi connectivity index (χ4n) is 3.16. The molecule has 0 radical (unpaired) electrons. The Balaban J connectivity index is 1.77. The van der Waals surface area contributed by atoms with Crippen LogP contribution in [-0.4, -0.2) is 55.1 Å². The normalized spacial score (nSPS) is 20.0. The highest BCUT2D eigenvalue weighted by Gasteiger charge is 2.26. The van der Waals surface area contributed by atoms with Crippen LogP contribution in [0.2, 0.25) is 0 Å². The van der Waals surface area contributed by atoms with Crippen LogP contribution in [0.4, 0.5) is 0 Å². The van der Waals surface area contributed by atoms with Crippen LogP contribution in [-0.2, 0) is 16.1 Å². The van der Waals surface area contributed by atoms with Gasteiger partial charge in [0.1, 0.15) is 6.10 Å². The molecule has 2 atom stereocenters. The van der Waals surface area contributed by atoms with E-state index in [1.807, 2.05) is 25.8 Å². The van der Waals surface area contributed by atoms with Gasteiger partial charge in [-0.1, -0.05) is 30.3 Å². The second-order valence-electron chi connectivity index (χ2n) is 6.19. The number of amides is 1. The number of carbonyl (C=O) groups excluding carboxylic acids is 1. The Hall–Kier alpha value is -1.39. The van der Waals surface area contributed by atoms with Crippen molar-refractivity contribution in [3.8, 4) is 0 Å². The van der Waals surface area contributed by atoms with E-state index in [1.165, 1.54) is 5.56 Å². The summed E-state index contributed by atoms with van der Waals surface area (Å²) in [6.07, 6.45) is 0.824. The van der Waals surface area contributed by atoms with E-state index in [-0.39, 0.29) is 12.0 Å². The molecule has 0 spiro atoms. The van der Waals surface area contributed by atoms with Crippen molar-refractivity contribution in [2.45, 2.75) is 32.9 Å². The summed E-state index contributed by atoms with van der Waals surface area (Å²) in [6, 6.07) is 10.6. The van der Waals surface area contributed by atoms with Gasteiger partial charge in [-0.05, 0) is 38.3 Å². The molecule has 2 unspecified atom stereocenters. The van der Waals surface area contributed by atoms with Gasteiger partial charge in [0.15, 0.2) is 0 Å². The molecule has 1 aliphatic rings. The molecule has 0 aliphatic carbocycles. The van der Waals surface area contributed by atoms with Gasteiger partial charge >= 0.3 is 0 Å². The lowest BCUT2D eigenvalue weighted by Gasteiger charge is -2.24. The molecule has 1 heterocycles. The van der Waals surface area contributed by atoms with Crippen LogP contribution >= 0.6 is 0 Å². The number of nitrogens with zero attached hydrogens (tertiary/aromatic N) is 2. The van der Waals surface area contributed by atoms with Crippen molar-refractivity contribution < 1.29 is 9.53 Å². The van der Waals surface area contributed by atoms with Crippen LogP contribution in [0.3, 0.4) is 0 Å². The minimum absolute atomic E-state index is 0.0864. The predicted octanol–water partition coefficient (Wildman–Crippen LogP) is 2.39. The summed E-state index contributed by atoms with van der Waals surface area (Å²) < 4.78 is 5.39. The van der Waals surface area contributed by atoms with Crippen LogP contribution < -0.4 is 0 Å². The average molecular weight is 304 g/mol. The van der Waals surface area contributed by atoms with E-state index in [0.29, 0.717) is 12.5 Å². The first-order chi connectivity index (χ1) is 10.6. The smallest absolute Gasteiger partial charge is 0.251 e. The van der Waals surface area contributed by atoms with Crippen LogP contribution in [0.1, 0.15) is 25.8 Å². The van der Waals surface area contributed by atoms with Crippen molar-refractivity contribution in [3.63, 3.8) is 0 Å². The molecule has 1 saturated heterocycles. The molecule has 0 saturated carbocycles. The van der Waals surface area contributed by atoms with E-state index in [2.05, 4.69) is 35.2 Å². The van der Waals surface area contributed by atoms with Gasteiger partial charge in [0.2, 0.25) is 0 Å². The summed E-state index contributed by atoms with van der Waals surface area (Å²) in [6.45, 7) is 8.33. The highest BCUT2D eigenvalue weighted by molar-refractivity contribution is 5.80. The minimum atomic E-state index is -0.336. The maximum atomic E-state index is 12.2. The van der Waals surface area contributed by atoms with Gasteiger partial charge < -0.3 is 9.64 Å². The molecule has 1 aromatic rings. The summed E-state index contributed by atoms with van der Waals surface area (Å²) in [5.41, 5.74) is 1.36. The zero-order valence-corrected chi connectivity index (χ0v) is 14.0. The van der Waals surface area contributed by atoms with Crippen LogP contribution in [0.5, 0.6) is 0 Å². The molecule has 4 nitrogen and oxygen atoms in total. The molecular formula is C18H28N2O2. The number of hydrogen-bond acceptors (Lipinski definition) is 3. The van der Waals surface area contributed by atoms with Crippen molar-refractivity contribution in [3.05, 3.63) is 35.9 Å². The number of likely N-dealkylation sites (tertiary alicyclic amines) is 1. The Bertz CT molecular complexity index is 463. The molecule has 0 N–H and O–H groups in total. The first-order valence-electron chi connectivity index (χ1n) is 8.23. The third-order valence-electron chi connectivity index (χ3n) is 4.29. The van der Waals surface area contributed by atoms with Crippen LogP contribution in [0, 0.1) is 5.92 Å². The predicted molar refractivity (Wildman–Crippen MR) is 88.6 cm³/mol. The monoisotopic (exact) mass is 304 g/mol. The van der Waals surface area contributed by atoms with Gasteiger partial charge in [0.25, 0.3) is 5.91 Å². The van der Waals surface area contributed by atoms with Crippen LogP contribution in [0.25, 0.3) is 0 Å². The van der Waals surface area contributed by atoms with Gasteiger partial charge in [-0.25, -0.2) is 0 Å². The Labute approximate surface area is 134 Å². The van der Waals surface area contributed by atoms with Gasteiger partial charge in [0.05, 0.1) is 0 Å². The van der Waals surface area contributed by atoms with Gasteiger partial charge in [-0.15, -0.1) is 0 Å². The Kier molecular flexibility index (Phi) is 6.40. The number of likely N-dealkylation sites (N-methyl/N-ethyl adjacent to an activating group) is 1. The Morgan fingerprint density at radius 2 is 2.14 bits per heavy atom. The Morgan fingerprint density at radius 1 is 1.41 bits per heavy atom. The number of benzene rings is 1. The summed E-state index contributed by atoms with van der Waals surface area (Å²) in [5, 5.41) is 0. The standard InChI is InChI=1S/C18H28N2O2/c1-4-22-15(2)18(21)19(3)12-17-10-11-20(14-17)13-16-8-6-5-7-9-16/h5-9,15,17H,4,10-14H2,1-3H3. The highest BCUT2D eigenvalue weighted by Crippen LogP contribution is 2.19. The van der Waals surface area contributed by atoms with Gasteiger partial charge in [0, 0.05) is 33.3 Å². The number of ether oxygens (including phenoxy) is 1. The lowest BCUT2D eigenvalue weighted by Crippen LogP contribution is -2.39. The summed E-state index contributed by atoms with van der Waals surface area (Å²) in [7, 11) is 1.89. The van der Waals surface area contributed by atoms with Gasteiger partial charge in [-0.2, -0.15) is 0 Å². The topological polar surface area (TPSA) is 32.8 Å². The van der Waals surface area contributed by atoms with Crippen molar-refractivity contribution in [2.24, 2.45) is 5.92 Å². The van der Waals surface area contributed by atoms with E-state index in [0.717, 1.165) is 32.6 Å². The summed E-state index contributed by atoms with van der Waals surface area (Å²) >= 11 is 0. The van der Waals surface area contributed by atoms with Crippen molar-refractivity contribution >= 4 is 5.91 Å². The Morgan fingerprint density at radius 3 is 2.82 bits per heavy atom. The molecule has 1 aliphatic heterocycles. The summed E-state index contributed by atoms with van der Waals surface area (Å²) in [5.74, 6) is 0.648. The molecule has 2 rings (SSSR count).